The molecular weight excluding hydrogens is 420 g/mol. The third-order valence-corrected chi connectivity index (χ3v) is 4.52. The van der Waals surface area contributed by atoms with Crippen molar-refractivity contribution in [2.24, 2.45) is 0 Å². The van der Waals surface area contributed by atoms with Gasteiger partial charge in [-0.15, -0.1) is 0 Å². The molecule has 0 bridgehead atoms. The molecule has 0 saturated carbocycles. The molecule has 144 valence electrons. The normalized spacial score (nSPS) is 10.9. The van der Waals surface area contributed by atoms with Gasteiger partial charge in [-0.05, 0) is 44.4 Å². The van der Waals surface area contributed by atoms with Crippen LogP contribution in [0.2, 0.25) is 0 Å². The molecule has 0 spiro atoms. The van der Waals surface area contributed by atoms with Crippen LogP contribution in [0.5, 0.6) is 0 Å². The summed E-state index contributed by atoms with van der Waals surface area (Å²) in [6.07, 6.45) is 4.62. The maximum atomic E-state index is 12.4. The Morgan fingerprint density at radius 3 is 2.79 bits per heavy atom. The molecule has 0 radical (unpaired) electrons. The predicted molar refractivity (Wildman–Crippen MR) is 116 cm³/mol. The number of hydrogen-bond acceptors (Lipinski definition) is 6. The lowest BCUT2D eigenvalue weighted by atomic mass is 10.2. The molecule has 3 rings (SSSR count). The molecule has 2 heterocycles. The molecular formula is C20H21BrN6O. The Hall–Kier alpha value is -2.84. The van der Waals surface area contributed by atoms with Gasteiger partial charge < -0.3 is 10.2 Å². The molecule has 0 saturated heterocycles. The number of fused-ring (bicyclic) bond motifs is 1. The fraction of sp³-hybridized carbons (Fsp3) is 0.200. The van der Waals surface area contributed by atoms with Gasteiger partial charge >= 0.3 is 0 Å². The average Bonchev–Trinajstić information content (AvgIpc) is 2.67. The zero-order chi connectivity index (χ0) is 20.1. The molecule has 8 heteroatoms. The molecule has 0 unspecified atom stereocenters. The van der Waals surface area contributed by atoms with Gasteiger partial charge in [-0.1, -0.05) is 28.6 Å². The van der Waals surface area contributed by atoms with E-state index in [2.05, 4.69) is 42.8 Å². The number of benzene rings is 1. The number of carbonyl (C=O) groups excluding carboxylic acids is 1. The Morgan fingerprint density at radius 2 is 2.07 bits per heavy atom. The monoisotopic (exact) mass is 440 g/mol. The standard InChI is InChI=1S/C20H21BrN6O/c1-4-18(28)27(11-10-26(2)3)20-24-17-13-22-9-8-16(17)19(25-20)23-15-7-5-6-14(21)12-15/h4-9,12-13H,1,10-11H2,2-3H3,(H,23,24,25). The number of hydrogen-bond donors (Lipinski definition) is 1. The van der Waals surface area contributed by atoms with Crippen LogP contribution in [-0.2, 0) is 4.79 Å². The van der Waals surface area contributed by atoms with Gasteiger partial charge in [-0.3, -0.25) is 14.7 Å². The van der Waals surface area contributed by atoms with Crippen molar-refractivity contribution < 1.29 is 4.79 Å². The molecule has 1 amide bonds. The third kappa shape index (κ3) is 4.71. The second-order valence-corrected chi connectivity index (χ2v) is 7.31. The van der Waals surface area contributed by atoms with Gasteiger partial charge in [0.25, 0.3) is 5.91 Å². The maximum Gasteiger partial charge on any atom is 0.252 e. The highest BCUT2D eigenvalue weighted by molar-refractivity contribution is 9.10. The van der Waals surface area contributed by atoms with E-state index in [1.807, 2.05) is 49.3 Å². The largest absolute Gasteiger partial charge is 0.340 e. The Balaban J connectivity index is 2.07. The van der Waals surface area contributed by atoms with E-state index in [-0.39, 0.29) is 5.91 Å². The summed E-state index contributed by atoms with van der Waals surface area (Å²) in [7, 11) is 3.89. The Labute approximate surface area is 172 Å². The van der Waals surface area contributed by atoms with Gasteiger partial charge in [0.15, 0.2) is 0 Å². The van der Waals surface area contributed by atoms with Gasteiger partial charge in [0, 0.05) is 34.8 Å². The highest BCUT2D eigenvalue weighted by Crippen LogP contribution is 2.27. The van der Waals surface area contributed by atoms with Crippen LogP contribution in [0.15, 0.2) is 59.9 Å². The molecule has 7 nitrogen and oxygen atoms in total. The van der Waals surface area contributed by atoms with E-state index in [4.69, 9.17) is 0 Å². The lowest BCUT2D eigenvalue weighted by molar-refractivity contribution is -0.114. The number of pyridine rings is 1. The summed E-state index contributed by atoms with van der Waals surface area (Å²) in [5, 5.41) is 4.14. The number of carbonyl (C=O) groups is 1. The molecule has 0 aliphatic rings. The highest BCUT2D eigenvalue weighted by Gasteiger charge is 2.19. The van der Waals surface area contributed by atoms with E-state index in [0.717, 1.165) is 15.5 Å². The van der Waals surface area contributed by atoms with Crippen molar-refractivity contribution in [3.63, 3.8) is 0 Å². The van der Waals surface area contributed by atoms with Crippen LogP contribution in [0.1, 0.15) is 0 Å². The van der Waals surface area contributed by atoms with Crippen molar-refractivity contribution >= 4 is 50.2 Å². The van der Waals surface area contributed by atoms with Crippen molar-refractivity contribution in [3.8, 4) is 0 Å². The predicted octanol–water partition coefficient (Wildman–Crippen LogP) is 3.61. The fourth-order valence-electron chi connectivity index (χ4n) is 2.61. The Kier molecular flexibility index (Phi) is 6.33. The lowest BCUT2D eigenvalue weighted by Crippen LogP contribution is -2.37. The molecule has 1 aromatic carbocycles. The Morgan fingerprint density at radius 1 is 1.25 bits per heavy atom. The summed E-state index contributed by atoms with van der Waals surface area (Å²) in [6.45, 7) is 4.72. The number of nitrogens with one attached hydrogen (secondary N) is 1. The SMILES string of the molecule is C=CC(=O)N(CCN(C)C)c1nc(Nc2cccc(Br)c2)c2ccncc2n1. The number of nitrogens with zero attached hydrogens (tertiary/aromatic N) is 5. The van der Waals surface area contributed by atoms with E-state index in [1.165, 1.54) is 11.0 Å². The van der Waals surface area contributed by atoms with Gasteiger partial charge in [0.05, 0.1) is 11.7 Å². The zero-order valence-corrected chi connectivity index (χ0v) is 17.3. The summed E-state index contributed by atoms with van der Waals surface area (Å²) in [6, 6.07) is 9.62. The van der Waals surface area contributed by atoms with Gasteiger partial charge in [0.2, 0.25) is 5.95 Å². The fourth-order valence-corrected chi connectivity index (χ4v) is 3.01. The van der Waals surface area contributed by atoms with Crippen LogP contribution in [0.25, 0.3) is 10.9 Å². The van der Waals surface area contributed by atoms with Crippen molar-refractivity contribution in [2.75, 3.05) is 37.4 Å². The molecule has 3 aromatic rings. The van der Waals surface area contributed by atoms with Crippen molar-refractivity contribution in [2.45, 2.75) is 0 Å². The first-order valence-electron chi connectivity index (χ1n) is 8.71. The van der Waals surface area contributed by atoms with E-state index >= 15 is 0 Å². The number of aromatic nitrogens is 3. The second kappa shape index (κ2) is 8.90. The van der Waals surface area contributed by atoms with Gasteiger partial charge in [-0.25, -0.2) is 4.98 Å². The first kappa shape index (κ1) is 19.9. The zero-order valence-electron chi connectivity index (χ0n) is 15.8. The molecule has 28 heavy (non-hydrogen) atoms. The average molecular weight is 441 g/mol. The minimum atomic E-state index is -0.251. The number of halogens is 1. The van der Waals surface area contributed by atoms with E-state index in [9.17, 15) is 4.79 Å². The van der Waals surface area contributed by atoms with Crippen molar-refractivity contribution in [1.82, 2.24) is 19.9 Å². The highest BCUT2D eigenvalue weighted by atomic mass is 79.9. The quantitative estimate of drug-likeness (QED) is 0.565. The van der Waals surface area contributed by atoms with Gasteiger partial charge in [-0.2, -0.15) is 4.98 Å². The van der Waals surface area contributed by atoms with Crippen LogP contribution in [0.3, 0.4) is 0 Å². The summed E-state index contributed by atoms with van der Waals surface area (Å²) in [4.78, 5) is 29.3. The van der Waals surface area contributed by atoms with Crippen LogP contribution in [0, 0.1) is 0 Å². The maximum absolute atomic E-state index is 12.4. The molecule has 1 N–H and O–H groups in total. The smallest absolute Gasteiger partial charge is 0.252 e. The summed E-state index contributed by atoms with van der Waals surface area (Å²) >= 11 is 3.47. The minimum absolute atomic E-state index is 0.251. The first-order chi connectivity index (χ1) is 13.5. The first-order valence-corrected chi connectivity index (χ1v) is 9.50. The molecule has 0 atom stereocenters. The van der Waals surface area contributed by atoms with E-state index < -0.39 is 0 Å². The van der Waals surface area contributed by atoms with Gasteiger partial charge in [0.1, 0.15) is 5.82 Å². The third-order valence-electron chi connectivity index (χ3n) is 4.03. The molecule has 0 fully saturated rings. The minimum Gasteiger partial charge on any atom is -0.340 e. The number of likely N-dealkylation sites (N-methyl/N-ethyl adjacent to an activating group) is 1. The number of amides is 1. The molecule has 2 aromatic heterocycles. The van der Waals surface area contributed by atoms with Crippen LogP contribution >= 0.6 is 15.9 Å². The number of anilines is 3. The van der Waals surface area contributed by atoms with E-state index in [0.29, 0.717) is 30.4 Å². The van der Waals surface area contributed by atoms with Crippen molar-refractivity contribution in [3.05, 3.63) is 59.9 Å². The van der Waals surface area contributed by atoms with E-state index in [1.54, 1.807) is 12.4 Å². The van der Waals surface area contributed by atoms with Crippen LogP contribution in [0.4, 0.5) is 17.5 Å². The molecule has 0 aliphatic carbocycles. The van der Waals surface area contributed by atoms with Crippen LogP contribution in [-0.4, -0.2) is 52.9 Å². The Bertz CT molecular complexity index is 1010. The molecule has 0 aliphatic heterocycles. The summed E-state index contributed by atoms with van der Waals surface area (Å²) in [5.74, 6) is 0.662. The number of rotatable bonds is 7. The second-order valence-electron chi connectivity index (χ2n) is 6.40. The lowest BCUT2D eigenvalue weighted by Gasteiger charge is -2.22. The summed E-state index contributed by atoms with van der Waals surface area (Å²) in [5.41, 5.74) is 1.52. The van der Waals surface area contributed by atoms with Crippen molar-refractivity contribution in [1.29, 1.82) is 0 Å². The summed E-state index contributed by atoms with van der Waals surface area (Å²) < 4.78 is 0.951. The topological polar surface area (TPSA) is 74.2 Å². The van der Waals surface area contributed by atoms with Crippen LogP contribution < -0.4 is 10.2 Å².